The van der Waals surface area contributed by atoms with Gasteiger partial charge in [0, 0.05) is 0 Å². The minimum absolute atomic E-state index is 0.715. The van der Waals surface area contributed by atoms with Crippen LogP contribution in [0.2, 0.25) is 0 Å². The highest BCUT2D eigenvalue weighted by molar-refractivity contribution is 5.80. The topological polar surface area (TPSA) is 37.3 Å². The van der Waals surface area contributed by atoms with E-state index in [9.17, 15) is 9.90 Å². The molecule has 0 spiro atoms. The molecule has 2 heteroatoms. The molecular weight excluding hydrogens is 212 g/mol. The van der Waals surface area contributed by atoms with Gasteiger partial charge in [-0.1, -0.05) is 62.9 Å². The van der Waals surface area contributed by atoms with Crippen molar-refractivity contribution in [2.24, 2.45) is 0 Å². The summed E-state index contributed by atoms with van der Waals surface area (Å²) in [6.45, 7) is 3.99. The van der Waals surface area contributed by atoms with Crippen molar-refractivity contribution >= 4 is 5.97 Å². The Morgan fingerprint density at radius 1 is 1.18 bits per heavy atom. The molecule has 0 aromatic heterocycles. The van der Waals surface area contributed by atoms with Gasteiger partial charge in [-0.2, -0.15) is 0 Å². The molecule has 1 atom stereocenters. The highest BCUT2D eigenvalue weighted by Gasteiger charge is 2.34. The molecule has 0 saturated heterocycles. The Morgan fingerprint density at radius 2 is 1.82 bits per heavy atom. The van der Waals surface area contributed by atoms with Crippen molar-refractivity contribution in [2.45, 2.75) is 51.4 Å². The number of carbonyl (C=O) groups is 1. The maximum Gasteiger partial charge on any atom is 0.313 e. The fraction of sp³-hybridized carbons (Fsp3) is 0.533. The van der Waals surface area contributed by atoms with Gasteiger partial charge in [-0.3, -0.25) is 4.79 Å². The first-order valence-electron chi connectivity index (χ1n) is 6.40. The van der Waals surface area contributed by atoms with E-state index in [1.165, 1.54) is 12.8 Å². The van der Waals surface area contributed by atoms with Crippen LogP contribution in [0.1, 0.15) is 51.5 Å². The summed E-state index contributed by atoms with van der Waals surface area (Å²) in [5, 5.41) is 9.44. The van der Waals surface area contributed by atoms with Gasteiger partial charge in [-0.15, -0.1) is 0 Å². The first-order chi connectivity index (χ1) is 8.11. The van der Waals surface area contributed by atoms with Gasteiger partial charge in [0.25, 0.3) is 0 Å². The van der Waals surface area contributed by atoms with Crippen molar-refractivity contribution < 1.29 is 9.90 Å². The lowest BCUT2D eigenvalue weighted by atomic mass is 9.78. The van der Waals surface area contributed by atoms with E-state index < -0.39 is 11.4 Å². The van der Waals surface area contributed by atoms with E-state index in [1.54, 1.807) is 0 Å². The number of rotatable bonds is 7. The summed E-state index contributed by atoms with van der Waals surface area (Å²) >= 11 is 0. The molecule has 17 heavy (non-hydrogen) atoms. The molecule has 0 amide bonds. The van der Waals surface area contributed by atoms with Crippen molar-refractivity contribution in [3.8, 4) is 0 Å². The second-order valence-corrected chi connectivity index (χ2v) is 4.81. The normalized spacial score (nSPS) is 14.2. The molecule has 1 unspecified atom stereocenters. The highest BCUT2D eigenvalue weighted by atomic mass is 16.4. The molecule has 0 aliphatic rings. The molecule has 0 bridgehead atoms. The Bertz CT molecular complexity index is 345. The van der Waals surface area contributed by atoms with Crippen LogP contribution in [0.25, 0.3) is 0 Å². The van der Waals surface area contributed by atoms with Gasteiger partial charge in [0.15, 0.2) is 0 Å². The molecule has 94 valence electrons. The Balaban J connectivity index is 2.73. The monoisotopic (exact) mass is 234 g/mol. The maximum absolute atomic E-state index is 11.5. The van der Waals surface area contributed by atoms with E-state index in [-0.39, 0.29) is 0 Å². The number of aliphatic carboxylic acids is 1. The molecule has 0 heterocycles. The van der Waals surface area contributed by atoms with Gasteiger partial charge in [0.1, 0.15) is 0 Å². The maximum atomic E-state index is 11.5. The van der Waals surface area contributed by atoms with Crippen LogP contribution in [0.3, 0.4) is 0 Å². The summed E-state index contributed by atoms with van der Waals surface area (Å²) in [5.74, 6) is -0.722. The van der Waals surface area contributed by atoms with Crippen LogP contribution in [0, 0.1) is 0 Å². The van der Waals surface area contributed by atoms with Crippen molar-refractivity contribution in [3.63, 3.8) is 0 Å². The fourth-order valence-corrected chi connectivity index (χ4v) is 2.09. The quantitative estimate of drug-likeness (QED) is 0.724. The molecule has 0 aliphatic carbocycles. The zero-order valence-electron chi connectivity index (χ0n) is 10.8. The minimum atomic E-state index is -0.741. The van der Waals surface area contributed by atoms with Crippen molar-refractivity contribution in [3.05, 3.63) is 35.9 Å². The average molecular weight is 234 g/mol. The van der Waals surface area contributed by atoms with Crippen LogP contribution in [-0.2, 0) is 10.2 Å². The van der Waals surface area contributed by atoms with Gasteiger partial charge in [-0.05, 0) is 18.9 Å². The molecule has 1 aromatic carbocycles. The average Bonchev–Trinajstić information content (AvgIpc) is 2.35. The summed E-state index contributed by atoms with van der Waals surface area (Å²) in [6, 6.07) is 9.55. The second kappa shape index (κ2) is 6.43. The number of carboxylic acid groups (broad SMARTS) is 1. The lowest BCUT2D eigenvalue weighted by Crippen LogP contribution is -2.32. The Kier molecular flexibility index (Phi) is 5.20. The fourth-order valence-electron chi connectivity index (χ4n) is 2.09. The molecule has 0 fully saturated rings. The van der Waals surface area contributed by atoms with Crippen LogP contribution in [-0.4, -0.2) is 11.1 Å². The third-order valence-corrected chi connectivity index (χ3v) is 3.41. The molecule has 0 aliphatic heterocycles. The Labute approximate surface area is 104 Å². The highest BCUT2D eigenvalue weighted by Crippen LogP contribution is 2.30. The lowest BCUT2D eigenvalue weighted by molar-refractivity contribution is -0.143. The standard InChI is InChI=1S/C15H22O2/c1-3-4-5-9-12-15(2,14(16)17)13-10-7-6-8-11-13/h6-8,10-11H,3-5,9,12H2,1-2H3,(H,16,17). The van der Waals surface area contributed by atoms with Crippen LogP contribution in [0.4, 0.5) is 0 Å². The number of carboxylic acids is 1. The van der Waals surface area contributed by atoms with Gasteiger partial charge >= 0.3 is 5.97 Å². The predicted molar refractivity (Wildman–Crippen MR) is 70.2 cm³/mol. The lowest BCUT2D eigenvalue weighted by Gasteiger charge is -2.25. The SMILES string of the molecule is CCCCCCC(C)(C(=O)O)c1ccccc1. The smallest absolute Gasteiger partial charge is 0.313 e. The van der Waals surface area contributed by atoms with Crippen molar-refractivity contribution in [1.82, 2.24) is 0 Å². The molecule has 1 aromatic rings. The largest absolute Gasteiger partial charge is 0.481 e. The van der Waals surface area contributed by atoms with Gasteiger partial charge < -0.3 is 5.11 Å². The van der Waals surface area contributed by atoms with E-state index in [2.05, 4.69) is 6.92 Å². The number of hydrogen-bond acceptors (Lipinski definition) is 1. The molecule has 1 N–H and O–H groups in total. The third-order valence-electron chi connectivity index (χ3n) is 3.41. The second-order valence-electron chi connectivity index (χ2n) is 4.81. The predicted octanol–water partition coefficient (Wildman–Crippen LogP) is 4.00. The first kappa shape index (κ1) is 13.8. The molecule has 0 saturated carbocycles. The van der Waals surface area contributed by atoms with Crippen LogP contribution < -0.4 is 0 Å². The van der Waals surface area contributed by atoms with Gasteiger partial charge in [0.2, 0.25) is 0 Å². The van der Waals surface area contributed by atoms with E-state index >= 15 is 0 Å². The van der Waals surface area contributed by atoms with E-state index in [4.69, 9.17) is 0 Å². The van der Waals surface area contributed by atoms with E-state index in [0.29, 0.717) is 6.42 Å². The van der Waals surface area contributed by atoms with E-state index in [1.807, 2.05) is 37.3 Å². The molecule has 2 nitrogen and oxygen atoms in total. The van der Waals surface area contributed by atoms with Crippen molar-refractivity contribution in [1.29, 1.82) is 0 Å². The molecule has 1 rings (SSSR count). The summed E-state index contributed by atoms with van der Waals surface area (Å²) in [7, 11) is 0. The Morgan fingerprint density at radius 3 is 2.35 bits per heavy atom. The summed E-state index contributed by atoms with van der Waals surface area (Å²) in [4.78, 5) is 11.5. The zero-order chi connectivity index (χ0) is 12.7. The summed E-state index contributed by atoms with van der Waals surface area (Å²) in [6.07, 6.45) is 5.17. The number of hydrogen-bond donors (Lipinski definition) is 1. The minimum Gasteiger partial charge on any atom is -0.481 e. The van der Waals surface area contributed by atoms with E-state index in [0.717, 1.165) is 18.4 Å². The number of unbranched alkanes of at least 4 members (excludes halogenated alkanes) is 3. The van der Waals surface area contributed by atoms with Crippen LogP contribution in [0.15, 0.2) is 30.3 Å². The summed E-state index contributed by atoms with van der Waals surface area (Å²) < 4.78 is 0. The molecular formula is C15H22O2. The molecule has 0 radical (unpaired) electrons. The van der Waals surface area contributed by atoms with Crippen molar-refractivity contribution in [2.75, 3.05) is 0 Å². The third kappa shape index (κ3) is 3.58. The van der Waals surface area contributed by atoms with Gasteiger partial charge in [-0.25, -0.2) is 0 Å². The summed E-state index contributed by atoms with van der Waals surface area (Å²) in [5.41, 5.74) is 0.165. The zero-order valence-corrected chi connectivity index (χ0v) is 10.8. The van der Waals surface area contributed by atoms with Crippen LogP contribution in [0.5, 0.6) is 0 Å². The van der Waals surface area contributed by atoms with Crippen LogP contribution >= 0.6 is 0 Å². The van der Waals surface area contributed by atoms with Gasteiger partial charge in [0.05, 0.1) is 5.41 Å². The first-order valence-corrected chi connectivity index (χ1v) is 6.40. The Hall–Kier alpha value is -1.31. The number of benzene rings is 1.